The van der Waals surface area contributed by atoms with Crippen molar-refractivity contribution in [2.45, 2.75) is 37.5 Å². The Morgan fingerprint density at radius 3 is 2.83 bits per heavy atom. The summed E-state index contributed by atoms with van der Waals surface area (Å²) in [6.45, 7) is 2.06. The minimum absolute atomic E-state index is 0.0921. The monoisotopic (exact) mass is 267 g/mol. The average molecular weight is 267 g/mol. The molecule has 0 aliphatic carbocycles. The first-order valence-corrected chi connectivity index (χ1v) is 7.10. The van der Waals surface area contributed by atoms with Crippen LogP contribution in [0.2, 0.25) is 0 Å². The molecule has 5 N–H and O–H groups in total. The quantitative estimate of drug-likeness (QED) is 0.177. The Labute approximate surface area is 112 Å². The standard InChI is InChI=1S/C13H21N3OS/c1-10-6-7-11(14)12(9-10)18-8-4-2-3-5-13(17)16-15/h6-7,9H,2-5,8,14-15H2,1H3,(H,16,17). The normalized spacial score (nSPS) is 10.3. The number of amides is 1. The summed E-state index contributed by atoms with van der Waals surface area (Å²) in [5, 5.41) is 0. The third kappa shape index (κ3) is 5.42. The summed E-state index contributed by atoms with van der Waals surface area (Å²) in [5.74, 6) is 5.94. The number of aryl methyl sites for hydroxylation is 1. The van der Waals surface area contributed by atoms with E-state index in [1.165, 1.54) is 5.56 Å². The van der Waals surface area contributed by atoms with Crippen LogP contribution < -0.4 is 17.0 Å². The van der Waals surface area contributed by atoms with E-state index in [4.69, 9.17) is 11.6 Å². The molecule has 0 unspecified atom stereocenters. The number of nitrogens with one attached hydrogen (secondary N) is 1. The highest BCUT2D eigenvalue weighted by atomic mass is 32.2. The molecule has 0 saturated carbocycles. The summed E-state index contributed by atoms with van der Waals surface area (Å²) >= 11 is 1.78. The lowest BCUT2D eigenvalue weighted by Gasteiger charge is -2.06. The van der Waals surface area contributed by atoms with Gasteiger partial charge in [0.05, 0.1) is 0 Å². The number of hydrogen-bond acceptors (Lipinski definition) is 4. The molecule has 18 heavy (non-hydrogen) atoms. The van der Waals surface area contributed by atoms with Crippen molar-refractivity contribution >= 4 is 23.4 Å². The van der Waals surface area contributed by atoms with Gasteiger partial charge in [-0.05, 0) is 43.2 Å². The lowest BCUT2D eigenvalue weighted by Crippen LogP contribution is -2.29. The maximum atomic E-state index is 10.9. The van der Waals surface area contributed by atoms with Crippen molar-refractivity contribution in [1.82, 2.24) is 5.43 Å². The van der Waals surface area contributed by atoms with Crippen LogP contribution in [0.5, 0.6) is 0 Å². The van der Waals surface area contributed by atoms with Crippen molar-refractivity contribution in [3.05, 3.63) is 23.8 Å². The van der Waals surface area contributed by atoms with Gasteiger partial charge in [0.25, 0.3) is 0 Å². The highest BCUT2D eigenvalue weighted by Crippen LogP contribution is 2.26. The van der Waals surface area contributed by atoms with Crippen LogP contribution in [0.4, 0.5) is 5.69 Å². The molecule has 1 aromatic carbocycles. The van der Waals surface area contributed by atoms with Gasteiger partial charge in [0.2, 0.25) is 5.91 Å². The van der Waals surface area contributed by atoms with Crippen LogP contribution in [-0.2, 0) is 4.79 Å². The summed E-state index contributed by atoms with van der Waals surface area (Å²) in [4.78, 5) is 12.0. The Balaban J connectivity index is 2.18. The third-order valence-corrected chi connectivity index (χ3v) is 3.79. The largest absolute Gasteiger partial charge is 0.398 e. The lowest BCUT2D eigenvalue weighted by atomic mass is 10.2. The number of carbonyl (C=O) groups is 1. The van der Waals surface area contributed by atoms with Crippen LogP contribution in [0.3, 0.4) is 0 Å². The molecule has 0 atom stereocenters. The van der Waals surface area contributed by atoms with Gasteiger partial charge < -0.3 is 5.73 Å². The van der Waals surface area contributed by atoms with E-state index in [1.54, 1.807) is 11.8 Å². The van der Waals surface area contributed by atoms with Crippen LogP contribution in [0, 0.1) is 6.92 Å². The van der Waals surface area contributed by atoms with Gasteiger partial charge in [-0.3, -0.25) is 10.2 Å². The number of anilines is 1. The zero-order valence-electron chi connectivity index (χ0n) is 10.7. The van der Waals surface area contributed by atoms with E-state index < -0.39 is 0 Å². The van der Waals surface area contributed by atoms with Crippen molar-refractivity contribution in [3.8, 4) is 0 Å². The van der Waals surface area contributed by atoms with Gasteiger partial charge in [-0.15, -0.1) is 11.8 Å². The number of carbonyl (C=O) groups excluding carboxylic acids is 1. The third-order valence-electron chi connectivity index (χ3n) is 2.64. The predicted octanol–water partition coefficient (Wildman–Crippen LogP) is 2.22. The van der Waals surface area contributed by atoms with Gasteiger partial charge in [0, 0.05) is 17.0 Å². The number of benzene rings is 1. The molecule has 0 saturated heterocycles. The molecular weight excluding hydrogens is 246 g/mol. The van der Waals surface area contributed by atoms with Gasteiger partial charge in [0.1, 0.15) is 0 Å². The molecule has 1 aromatic rings. The molecule has 5 heteroatoms. The summed E-state index contributed by atoms with van der Waals surface area (Å²) in [7, 11) is 0. The first kappa shape index (κ1) is 14.9. The smallest absolute Gasteiger partial charge is 0.233 e. The molecule has 100 valence electrons. The van der Waals surface area contributed by atoms with Crippen molar-refractivity contribution in [2.75, 3.05) is 11.5 Å². The summed E-state index contributed by atoms with van der Waals surface area (Å²) < 4.78 is 0. The second-order valence-corrected chi connectivity index (χ2v) is 5.40. The minimum atomic E-state index is -0.0921. The average Bonchev–Trinajstić information content (AvgIpc) is 2.37. The van der Waals surface area contributed by atoms with Gasteiger partial charge in [-0.1, -0.05) is 12.5 Å². The molecule has 0 bridgehead atoms. The van der Waals surface area contributed by atoms with Gasteiger partial charge in [-0.25, -0.2) is 5.84 Å². The summed E-state index contributed by atoms with van der Waals surface area (Å²) in [5.41, 5.74) is 10.1. The number of hydrogen-bond donors (Lipinski definition) is 3. The number of nitrogen functional groups attached to an aromatic ring is 1. The van der Waals surface area contributed by atoms with E-state index >= 15 is 0 Å². The van der Waals surface area contributed by atoms with E-state index in [2.05, 4.69) is 18.4 Å². The van der Waals surface area contributed by atoms with Gasteiger partial charge in [-0.2, -0.15) is 0 Å². The fourth-order valence-corrected chi connectivity index (χ4v) is 2.66. The number of unbranched alkanes of at least 4 members (excludes halogenated alkanes) is 2. The molecule has 0 fully saturated rings. The Kier molecular flexibility index (Phi) is 6.60. The topological polar surface area (TPSA) is 81.1 Å². The van der Waals surface area contributed by atoms with Gasteiger partial charge >= 0.3 is 0 Å². The van der Waals surface area contributed by atoms with Crippen LogP contribution in [0.15, 0.2) is 23.1 Å². The van der Waals surface area contributed by atoms with Crippen molar-refractivity contribution in [2.24, 2.45) is 5.84 Å². The zero-order valence-corrected chi connectivity index (χ0v) is 11.6. The molecule has 4 nitrogen and oxygen atoms in total. The Morgan fingerprint density at radius 1 is 1.33 bits per heavy atom. The van der Waals surface area contributed by atoms with E-state index in [1.807, 2.05) is 12.1 Å². The number of nitrogens with two attached hydrogens (primary N) is 2. The predicted molar refractivity (Wildman–Crippen MR) is 77.1 cm³/mol. The van der Waals surface area contributed by atoms with Crippen LogP contribution in [0.25, 0.3) is 0 Å². The number of thioether (sulfide) groups is 1. The van der Waals surface area contributed by atoms with Crippen molar-refractivity contribution < 1.29 is 4.79 Å². The zero-order chi connectivity index (χ0) is 13.4. The highest BCUT2D eigenvalue weighted by molar-refractivity contribution is 7.99. The summed E-state index contributed by atoms with van der Waals surface area (Å²) in [6, 6.07) is 6.08. The first-order chi connectivity index (χ1) is 8.63. The first-order valence-electron chi connectivity index (χ1n) is 6.12. The van der Waals surface area contributed by atoms with Crippen molar-refractivity contribution in [1.29, 1.82) is 0 Å². The van der Waals surface area contributed by atoms with E-state index in [9.17, 15) is 4.79 Å². The second-order valence-electron chi connectivity index (χ2n) is 4.27. The maximum Gasteiger partial charge on any atom is 0.233 e. The fraction of sp³-hybridized carbons (Fsp3) is 0.462. The maximum absolute atomic E-state index is 10.9. The molecule has 0 spiro atoms. The van der Waals surface area contributed by atoms with Crippen molar-refractivity contribution in [3.63, 3.8) is 0 Å². The van der Waals surface area contributed by atoms with Gasteiger partial charge in [0.15, 0.2) is 0 Å². The molecule has 1 rings (SSSR count). The van der Waals surface area contributed by atoms with E-state index in [-0.39, 0.29) is 5.91 Å². The molecule has 0 aliphatic heterocycles. The lowest BCUT2D eigenvalue weighted by molar-refractivity contribution is -0.121. The molecule has 0 aromatic heterocycles. The highest BCUT2D eigenvalue weighted by Gasteiger charge is 2.01. The Hall–Kier alpha value is -1.20. The Bertz CT molecular complexity index is 396. The fourth-order valence-electron chi connectivity index (χ4n) is 1.59. The molecule has 0 radical (unpaired) electrons. The van der Waals surface area contributed by atoms with Crippen LogP contribution in [0.1, 0.15) is 31.2 Å². The summed E-state index contributed by atoms with van der Waals surface area (Å²) in [6.07, 6.45) is 3.50. The number of rotatable bonds is 7. The molecule has 1 amide bonds. The molecule has 0 aliphatic rings. The number of hydrazine groups is 1. The van der Waals surface area contributed by atoms with Crippen LogP contribution in [-0.4, -0.2) is 11.7 Å². The Morgan fingerprint density at radius 2 is 2.11 bits per heavy atom. The van der Waals surface area contributed by atoms with E-state index in [0.717, 1.165) is 35.6 Å². The minimum Gasteiger partial charge on any atom is -0.398 e. The molecular formula is C13H21N3OS. The SMILES string of the molecule is Cc1ccc(N)c(SCCCCCC(=O)NN)c1. The molecule has 0 heterocycles. The van der Waals surface area contributed by atoms with Crippen LogP contribution >= 0.6 is 11.8 Å². The second kappa shape index (κ2) is 8.00. The van der Waals surface area contributed by atoms with E-state index in [0.29, 0.717) is 6.42 Å².